The number of anilines is 1. The molecule has 1 aliphatic heterocycles. The van der Waals surface area contributed by atoms with Gasteiger partial charge in [-0.25, -0.2) is 19.7 Å². The molecule has 0 spiro atoms. The van der Waals surface area contributed by atoms with Gasteiger partial charge in [0, 0.05) is 6.54 Å². The third-order valence-electron chi connectivity index (χ3n) is 3.48. The Kier molecular flexibility index (Phi) is 3.52. The highest BCUT2D eigenvalue weighted by Crippen LogP contribution is 2.31. The zero-order chi connectivity index (χ0) is 15.9. The summed E-state index contributed by atoms with van der Waals surface area (Å²) in [6.07, 6.45) is -1.51. The second-order valence-corrected chi connectivity index (χ2v) is 4.87. The van der Waals surface area contributed by atoms with Crippen LogP contribution in [0.4, 0.5) is 10.6 Å². The van der Waals surface area contributed by atoms with E-state index in [0.29, 0.717) is 11.2 Å². The Bertz CT molecular complexity index is 705. The lowest BCUT2D eigenvalue weighted by atomic mass is 10.1. The summed E-state index contributed by atoms with van der Waals surface area (Å²) in [5.41, 5.74) is 11.4. The fraction of sp³-hybridized carbons (Fsp3) is 0.455. The first-order valence-electron chi connectivity index (χ1n) is 6.47. The summed E-state index contributed by atoms with van der Waals surface area (Å²) < 4.78 is 7.03. The number of hydrogen-bond acceptors (Lipinski definition) is 8. The number of carbonyl (C=O) groups excluding carboxylic acids is 1. The molecule has 2 amide bonds. The fourth-order valence-corrected chi connectivity index (χ4v) is 2.39. The van der Waals surface area contributed by atoms with Crippen LogP contribution in [0.15, 0.2) is 12.7 Å². The molecule has 4 atom stereocenters. The molecule has 2 unspecified atom stereocenters. The number of aliphatic hydroxyl groups excluding tert-OH is 2. The molecule has 1 fully saturated rings. The molecule has 22 heavy (non-hydrogen) atoms. The van der Waals surface area contributed by atoms with Crippen LogP contribution < -0.4 is 16.8 Å². The van der Waals surface area contributed by atoms with E-state index < -0.39 is 30.6 Å². The Morgan fingerprint density at radius 3 is 2.86 bits per heavy atom. The molecule has 1 saturated heterocycles. The molecule has 2 aromatic heterocycles. The highest BCUT2D eigenvalue weighted by atomic mass is 16.6. The Morgan fingerprint density at radius 1 is 1.36 bits per heavy atom. The van der Waals surface area contributed by atoms with Crippen LogP contribution >= 0.6 is 0 Å². The molecule has 0 aromatic carbocycles. The lowest BCUT2D eigenvalue weighted by Crippen LogP contribution is -2.41. The van der Waals surface area contributed by atoms with Gasteiger partial charge >= 0.3 is 6.03 Å². The van der Waals surface area contributed by atoms with Crippen molar-refractivity contribution >= 4 is 23.0 Å². The number of amides is 2. The number of aliphatic hydroxyl groups is 2. The molecule has 3 rings (SSSR count). The van der Waals surface area contributed by atoms with E-state index in [4.69, 9.17) is 16.2 Å². The maximum atomic E-state index is 10.7. The lowest BCUT2D eigenvalue weighted by molar-refractivity contribution is -0.0334. The van der Waals surface area contributed by atoms with Crippen LogP contribution in [0.3, 0.4) is 0 Å². The van der Waals surface area contributed by atoms with Crippen LogP contribution in [0.5, 0.6) is 0 Å². The standard InChI is InChI=1S/C11H15N7O4/c12-8-5-9(16-2-15-8)18(3-17-5)10-7(20)6(19)4(22-10)1-14-11(13)21/h2-4,6-7,10,19-20H,1H2,(H2,12,15,16)(H3,13,14,21)/t4-,6?,7?,10-/m1/s1. The van der Waals surface area contributed by atoms with Crippen LogP contribution in [0.25, 0.3) is 11.2 Å². The third kappa shape index (κ3) is 2.30. The van der Waals surface area contributed by atoms with Crippen molar-refractivity contribution in [3.63, 3.8) is 0 Å². The molecule has 118 valence electrons. The van der Waals surface area contributed by atoms with Crippen molar-refractivity contribution in [1.82, 2.24) is 24.8 Å². The topological polar surface area (TPSA) is 174 Å². The summed E-state index contributed by atoms with van der Waals surface area (Å²) in [5, 5.41) is 22.5. The number of aromatic nitrogens is 4. The monoisotopic (exact) mass is 309 g/mol. The molecule has 0 aliphatic carbocycles. The van der Waals surface area contributed by atoms with E-state index in [1.54, 1.807) is 0 Å². The number of hydrogen-bond donors (Lipinski definition) is 5. The zero-order valence-corrected chi connectivity index (χ0v) is 11.3. The summed E-state index contributed by atoms with van der Waals surface area (Å²) in [5.74, 6) is 0.198. The van der Waals surface area contributed by atoms with Gasteiger partial charge in [-0.05, 0) is 0 Å². The van der Waals surface area contributed by atoms with Crippen molar-refractivity contribution in [3.05, 3.63) is 12.7 Å². The average Bonchev–Trinajstić information content (AvgIpc) is 3.01. The van der Waals surface area contributed by atoms with Gasteiger partial charge in [0.05, 0.1) is 6.33 Å². The van der Waals surface area contributed by atoms with E-state index in [0.717, 1.165) is 0 Å². The second kappa shape index (κ2) is 5.36. The van der Waals surface area contributed by atoms with Crippen LogP contribution in [0.2, 0.25) is 0 Å². The largest absolute Gasteiger partial charge is 0.387 e. The fourth-order valence-electron chi connectivity index (χ4n) is 2.39. The Labute approximate surface area is 123 Å². The molecule has 11 heteroatoms. The molecule has 3 heterocycles. The van der Waals surface area contributed by atoms with E-state index in [2.05, 4.69) is 20.3 Å². The third-order valence-corrected chi connectivity index (χ3v) is 3.48. The number of rotatable bonds is 3. The van der Waals surface area contributed by atoms with Crippen molar-refractivity contribution in [2.45, 2.75) is 24.5 Å². The van der Waals surface area contributed by atoms with E-state index in [9.17, 15) is 15.0 Å². The van der Waals surface area contributed by atoms with Crippen LogP contribution in [0, 0.1) is 0 Å². The Hall–Kier alpha value is -2.50. The number of urea groups is 1. The molecular weight excluding hydrogens is 294 g/mol. The lowest BCUT2D eigenvalue weighted by Gasteiger charge is -2.16. The van der Waals surface area contributed by atoms with Gasteiger partial charge in [0.15, 0.2) is 17.7 Å². The summed E-state index contributed by atoms with van der Waals surface area (Å²) in [7, 11) is 0. The number of imidazole rings is 1. The first-order valence-corrected chi connectivity index (χ1v) is 6.47. The minimum atomic E-state index is -1.23. The highest BCUT2D eigenvalue weighted by molar-refractivity contribution is 5.81. The minimum absolute atomic E-state index is 0.0339. The van der Waals surface area contributed by atoms with Crippen LogP contribution in [-0.4, -0.2) is 60.6 Å². The van der Waals surface area contributed by atoms with Crippen LogP contribution in [-0.2, 0) is 4.74 Å². The molecule has 11 nitrogen and oxygen atoms in total. The van der Waals surface area contributed by atoms with Gasteiger partial charge in [-0.1, -0.05) is 0 Å². The predicted octanol–water partition coefficient (Wildman–Crippen LogP) is -2.30. The molecule has 2 aromatic rings. The first kappa shape index (κ1) is 14.4. The number of primary amides is 1. The van der Waals surface area contributed by atoms with Crippen molar-refractivity contribution in [2.24, 2.45) is 5.73 Å². The maximum Gasteiger partial charge on any atom is 0.312 e. The van der Waals surface area contributed by atoms with Crippen molar-refractivity contribution in [3.8, 4) is 0 Å². The Morgan fingerprint density at radius 2 is 2.14 bits per heavy atom. The molecule has 0 radical (unpaired) electrons. The molecule has 1 aliphatic rings. The summed E-state index contributed by atoms with van der Waals surface area (Å²) >= 11 is 0. The highest BCUT2D eigenvalue weighted by Gasteiger charge is 2.44. The zero-order valence-electron chi connectivity index (χ0n) is 11.3. The summed E-state index contributed by atoms with van der Waals surface area (Å²) in [6.45, 7) is -0.0339. The number of nitrogens with one attached hydrogen (secondary N) is 1. The maximum absolute atomic E-state index is 10.7. The number of nitrogen functional groups attached to an aromatic ring is 1. The van der Waals surface area contributed by atoms with Gasteiger partial charge < -0.3 is 31.7 Å². The second-order valence-electron chi connectivity index (χ2n) is 4.87. The average molecular weight is 309 g/mol. The smallest absolute Gasteiger partial charge is 0.312 e. The molecular formula is C11H15N7O4. The summed E-state index contributed by atoms with van der Waals surface area (Å²) in [6, 6.07) is -0.748. The van der Waals surface area contributed by atoms with Crippen molar-refractivity contribution in [1.29, 1.82) is 0 Å². The van der Waals surface area contributed by atoms with Gasteiger partial charge in [-0.3, -0.25) is 4.57 Å². The number of fused-ring (bicyclic) bond motifs is 1. The van der Waals surface area contributed by atoms with Crippen molar-refractivity contribution < 1.29 is 19.7 Å². The summed E-state index contributed by atoms with van der Waals surface area (Å²) in [4.78, 5) is 22.7. The molecule has 0 saturated carbocycles. The minimum Gasteiger partial charge on any atom is -0.387 e. The van der Waals surface area contributed by atoms with Gasteiger partial charge in [0.25, 0.3) is 0 Å². The number of nitrogens with zero attached hydrogens (tertiary/aromatic N) is 4. The van der Waals surface area contributed by atoms with E-state index >= 15 is 0 Å². The Balaban J connectivity index is 1.87. The predicted molar refractivity (Wildman–Crippen MR) is 73.2 cm³/mol. The number of ether oxygens (including phenoxy) is 1. The van der Waals surface area contributed by atoms with E-state index in [1.165, 1.54) is 17.2 Å². The molecule has 7 N–H and O–H groups in total. The van der Waals surface area contributed by atoms with Gasteiger partial charge in [0.1, 0.15) is 30.2 Å². The van der Waals surface area contributed by atoms with E-state index in [1.807, 2.05) is 0 Å². The normalized spacial score (nSPS) is 28.1. The van der Waals surface area contributed by atoms with E-state index in [-0.39, 0.29) is 12.4 Å². The SMILES string of the molecule is NC(=O)NC[C@H]1O[C@@H](n2cnc3c(N)ncnc32)C(O)C1O. The van der Waals surface area contributed by atoms with Crippen molar-refractivity contribution in [2.75, 3.05) is 12.3 Å². The molecule has 0 bridgehead atoms. The quantitative estimate of drug-likeness (QED) is 0.420. The van der Waals surface area contributed by atoms with Gasteiger partial charge in [0.2, 0.25) is 0 Å². The van der Waals surface area contributed by atoms with Crippen LogP contribution in [0.1, 0.15) is 6.23 Å². The van der Waals surface area contributed by atoms with Gasteiger partial charge in [-0.2, -0.15) is 0 Å². The first-order chi connectivity index (χ1) is 10.5. The van der Waals surface area contributed by atoms with Gasteiger partial charge in [-0.15, -0.1) is 0 Å². The number of nitrogens with two attached hydrogens (primary N) is 2. The number of carbonyl (C=O) groups is 1.